The van der Waals surface area contributed by atoms with E-state index in [2.05, 4.69) is 15.6 Å². The molecule has 27 heavy (non-hydrogen) atoms. The first-order chi connectivity index (χ1) is 12.9. The molecule has 0 aliphatic carbocycles. The van der Waals surface area contributed by atoms with Crippen molar-refractivity contribution in [3.63, 3.8) is 0 Å². The van der Waals surface area contributed by atoms with Crippen LogP contribution in [0.2, 0.25) is 0 Å². The Balaban J connectivity index is 1.62. The summed E-state index contributed by atoms with van der Waals surface area (Å²) in [7, 11) is 0. The minimum absolute atomic E-state index is 0.0310. The van der Waals surface area contributed by atoms with Crippen LogP contribution in [0.1, 0.15) is 6.42 Å². The average Bonchev–Trinajstić information content (AvgIpc) is 2.97. The van der Waals surface area contributed by atoms with Gasteiger partial charge in [0.15, 0.2) is 16.8 Å². The number of anilines is 1. The molecule has 0 aromatic heterocycles. The third kappa shape index (κ3) is 5.08. The van der Waals surface area contributed by atoms with E-state index in [0.717, 1.165) is 28.8 Å². The van der Waals surface area contributed by atoms with E-state index in [-0.39, 0.29) is 29.1 Å². The monoisotopic (exact) mass is 407 g/mol. The Kier molecular flexibility index (Phi) is 6.12. The molecule has 1 aliphatic heterocycles. The predicted octanol–water partition coefficient (Wildman–Crippen LogP) is 3.93. The van der Waals surface area contributed by atoms with Gasteiger partial charge in [-0.25, -0.2) is 13.8 Å². The summed E-state index contributed by atoms with van der Waals surface area (Å²) in [4.78, 5) is 29.4. The zero-order valence-corrected chi connectivity index (χ0v) is 15.8. The minimum atomic E-state index is -1.02. The first kappa shape index (κ1) is 19.4. The molecule has 0 bridgehead atoms. The second kappa shape index (κ2) is 8.53. The fraction of sp³-hybridized carbons (Fsp3) is 0.167. The molecule has 1 saturated heterocycles. The quantitative estimate of drug-likeness (QED) is 0.737. The summed E-state index contributed by atoms with van der Waals surface area (Å²) in [5, 5.41) is 4.92. The number of nitrogens with zero attached hydrogens (tertiary/aromatic N) is 1. The normalized spacial score (nSPS) is 17.8. The highest BCUT2D eigenvalue weighted by molar-refractivity contribution is 8.15. The van der Waals surface area contributed by atoms with Gasteiger partial charge in [0.05, 0.1) is 5.69 Å². The number of rotatable bonds is 5. The summed E-state index contributed by atoms with van der Waals surface area (Å²) in [6, 6.07) is 10.6. The Hall–Kier alpha value is -2.39. The number of amidine groups is 1. The Morgan fingerprint density at radius 3 is 2.81 bits per heavy atom. The molecule has 9 heteroatoms. The number of hydrogen-bond donors (Lipinski definition) is 2. The van der Waals surface area contributed by atoms with Crippen molar-refractivity contribution < 1.29 is 18.4 Å². The molecule has 2 N–H and O–H groups in total. The van der Waals surface area contributed by atoms with Crippen LogP contribution in [0.15, 0.2) is 52.4 Å². The van der Waals surface area contributed by atoms with Gasteiger partial charge in [0.2, 0.25) is 11.8 Å². The molecular weight excluding hydrogens is 392 g/mol. The highest BCUT2D eigenvalue weighted by atomic mass is 32.2. The Morgan fingerprint density at radius 1 is 1.26 bits per heavy atom. The number of benzene rings is 2. The van der Waals surface area contributed by atoms with Crippen LogP contribution in [0.3, 0.4) is 0 Å². The third-order valence-electron chi connectivity index (χ3n) is 3.63. The number of halogens is 2. The number of carbonyl (C=O) groups is 2. The van der Waals surface area contributed by atoms with Crippen LogP contribution in [-0.2, 0) is 9.59 Å². The number of carbonyl (C=O) groups excluding carboxylic acids is 2. The lowest BCUT2D eigenvalue weighted by Gasteiger charge is -2.08. The van der Waals surface area contributed by atoms with Crippen LogP contribution < -0.4 is 10.6 Å². The Bertz CT molecular complexity index is 921. The standard InChI is InChI=1S/C18H15F2N3O2S2/c1-26-12-4-2-3-10(7-12)21-16(24)9-15-17(25)23-18(27-15)22-11-5-6-13(19)14(20)8-11/h2-8,15H,9H2,1H3,(H,21,24)(H,22,23,25)/t15-/m0/s1. The number of hydrogen-bond acceptors (Lipinski definition) is 5. The van der Waals surface area contributed by atoms with Crippen LogP contribution >= 0.6 is 23.5 Å². The van der Waals surface area contributed by atoms with Crippen molar-refractivity contribution in [2.75, 3.05) is 11.6 Å². The highest BCUT2D eigenvalue weighted by Crippen LogP contribution is 2.26. The molecule has 0 unspecified atom stereocenters. The Morgan fingerprint density at radius 2 is 2.07 bits per heavy atom. The van der Waals surface area contributed by atoms with Crippen LogP contribution in [-0.4, -0.2) is 28.5 Å². The molecular formula is C18H15F2N3O2S2. The lowest BCUT2D eigenvalue weighted by Crippen LogP contribution is -2.28. The van der Waals surface area contributed by atoms with Crippen molar-refractivity contribution in [1.29, 1.82) is 0 Å². The highest BCUT2D eigenvalue weighted by Gasteiger charge is 2.32. The van der Waals surface area contributed by atoms with E-state index in [4.69, 9.17) is 0 Å². The largest absolute Gasteiger partial charge is 0.326 e. The molecule has 1 heterocycles. The summed E-state index contributed by atoms with van der Waals surface area (Å²) < 4.78 is 26.2. The lowest BCUT2D eigenvalue weighted by atomic mass is 10.2. The molecule has 3 rings (SSSR count). The summed E-state index contributed by atoms with van der Waals surface area (Å²) >= 11 is 2.64. The smallest absolute Gasteiger partial charge is 0.240 e. The summed E-state index contributed by atoms with van der Waals surface area (Å²) in [5.41, 5.74) is 0.835. The van der Waals surface area contributed by atoms with Gasteiger partial charge in [-0.3, -0.25) is 9.59 Å². The lowest BCUT2D eigenvalue weighted by molar-refractivity contribution is -0.122. The number of amides is 2. The summed E-state index contributed by atoms with van der Waals surface area (Å²) in [5.74, 6) is -2.64. The van der Waals surface area contributed by atoms with Gasteiger partial charge in [-0.2, -0.15) is 0 Å². The van der Waals surface area contributed by atoms with Gasteiger partial charge in [-0.05, 0) is 36.6 Å². The van der Waals surface area contributed by atoms with E-state index in [1.165, 1.54) is 6.07 Å². The van der Waals surface area contributed by atoms with Crippen LogP contribution in [0, 0.1) is 11.6 Å². The summed E-state index contributed by atoms with van der Waals surface area (Å²) in [6.45, 7) is 0. The number of nitrogens with one attached hydrogen (secondary N) is 2. The molecule has 2 amide bonds. The minimum Gasteiger partial charge on any atom is -0.326 e. The van der Waals surface area contributed by atoms with E-state index < -0.39 is 16.9 Å². The topological polar surface area (TPSA) is 70.6 Å². The Labute approximate surface area is 163 Å². The van der Waals surface area contributed by atoms with E-state index in [0.29, 0.717) is 5.69 Å². The molecule has 0 spiro atoms. The molecule has 1 fully saturated rings. The van der Waals surface area contributed by atoms with Crippen LogP contribution in [0.4, 0.5) is 20.2 Å². The van der Waals surface area contributed by atoms with E-state index in [9.17, 15) is 18.4 Å². The van der Waals surface area contributed by atoms with E-state index >= 15 is 0 Å². The SMILES string of the molecule is CSc1cccc(NC(=O)C[C@@H]2SC(=Nc3ccc(F)c(F)c3)NC2=O)c1. The second-order valence-electron chi connectivity index (χ2n) is 5.60. The fourth-order valence-electron chi connectivity index (χ4n) is 2.35. The first-order valence-corrected chi connectivity index (χ1v) is 10.00. The molecule has 2 aromatic carbocycles. The maximum Gasteiger partial charge on any atom is 0.240 e. The number of thioether (sulfide) groups is 2. The van der Waals surface area contributed by atoms with Crippen molar-refractivity contribution >= 4 is 51.9 Å². The van der Waals surface area contributed by atoms with Gasteiger partial charge >= 0.3 is 0 Å². The first-order valence-electron chi connectivity index (χ1n) is 7.90. The maximum absolute atomic E-state index is 13.2. The van der Waals surface area contributed by atoms with Crippen molar-refractivity contribution in [3.05, 3.63) is 54.1 Å². The molecule has 0 saturated carbocycles. The van der Waals surface area contributed by atoms with Crippen molar-refractivity contribution in [1.82, 2.24) is 5.32 Å². The van der Waals surface area contributed by atoms with E-state index in [1.807, 2.05) is 24.5 Å². The molecule has 0 radical (unpaired) electrons. The molecule has 140 valence electrons. The molecule has 2 aromatic rings. The van der Waals surface area contributed by atoms with Gasteiger partial charge in [0.1, 0.15) is 5.25 Å². The van der Waals surface area contributed by atoms with Gasteiger partial charge in [0, 0.05) is 23.1 Å². The molecule has 1 aliphatic rings. The number of aliphatic imine (C=N–C) groups is 1. The van der Waals surface area contributed by atoms with Gasteiger partial charge in [-0.15, -0.1) is 11.8 Å². The molecule has 5 nitrogen and oxygen atoms in total. The van der Waals surface area contributed by atoms with Crippen molar-refractivity contribution in [3.8, 4) is 0 Å². The zero-order chi connectivity index (χ0) is 19.4. The molecule has 1 atom stereocenters. The van der Waals surface area contributed by atoms with Gasteiger partial charge < -0.3 is 10.6 Å². The zero-order valence-electron chi connectivity index (χ0n) is 14.2. The average molecular weight is 407 g/mol. The van der Waals surface area contributed by atoms with E-state index in [1.54, 1.807) is 17.8 Å². The fourth-order valence-corrected chi connectivity index (χ4v) is 3.79. The van der Waals surface area contributed by atoms with Crippen molar-refractivity contribution in [2.24, 2.45) is 4.99 Å². The third-order valence-corrected chi connectivity index (χ3v) is 5.44. The van der Waals surface area contributed by atoms with Gasteiger partial charge in [0.25, 0.3) is 0 Å². The van der Waals surface area contributed by atoms with Crippen LogP contribution in [0.5, 0.6) is 0 Å². The van der Waals surface area contributed by atoms with Crippen molar-refractivity contribution in [2.45, 2.75) is 16.6 Å². The van der Waals surface area contributed by atoms with Gasteiger partial charge in [-0.1, -0.05) is 17.8 Å². The van der Waals surface area contributed by atoms with Crippen LogP contribution in [0.25, 0.3) is 0 Å². The maximum atomic E-state index is 13.2. The summed E-state index contributed by atoms with van der Waals surface area (Å²) in [6.07, 6.45) is 1.91. The predicted molar refractivity (Wildman–Crippen MR) is 104 cm³/mol. The second-order valence-corrected chi connectivity index (χ2v) is 7.67.